The molecule has 1 aromatic heterocycles. The van der Waals surface area contributed by atoms with Crippen molar-refractivity contribution in [1.29, 1.82) is 0 Å². The Morgan fingerprint density at radius 3 is 2.34 bits per heavy atom. The van der Waals surface area contributed by atoms with Crippen LogP contribution in [0.4, 0.5) is 34.6 Å². The lowest BCUT2D eigenvalue weighted by atomic mass is 9.86. The molecule has 1 aliphatic carbocycles. The van der Waals surface area contributed by atoms with Crippen molar-refractivity contribution in [3.05, 3.63) is 147 Å². The number of carbonyl (C=O) groups excluding carboxylic acids is 2. The van der Waals surface area contributed by atoms with Crippen molar-refractivity contribution in [3.63, 3.8) is 0 Å². The minimum absolute atomic E-state index is 0.0447. The van der Waals surface area contributed by atoms with Crippen molar-refractivity contribution in [3.8, 4) is 5.75 Å². The maximum Gasteiger partial charge on any atom is 0.353 e. The van der Waals surface area contributed by atoms with E-state index in [-0.39, 0.29) is 35.3 Å². The van der Waals surface area contributed by atoms with Gasteiger partial charge >= 0.3 is 5.69 Å². The molecular weight excluding hydrogens is 634 g/mol. The number of anilines is 5. The average molecular weight is 668 g/mol. The lowest BCUT2D eigenvalue weighted by Crippen LogP contribution is -2.24. The standard InChI is InChI=1S/C38H33N7O5/c1-3-50-28-19-17-27(18-20-28)41-38-43-35(39-22-25-12-5-4-6-13-25)33(45(48)49)36(44-38)40-23-31-29-15-9-8-14-26(29)21-30(34(31)46)37(47)42-32-16-10-7-11-24(32)2/h4-21,23H,3,22H2,1-2H3,(H,42,47)(H3,39,40,41,43,44). The van der Waals surface area contributed by atoms with Crippen LogP contribution in [-0.2, 0) is 16.1 Å². The number of ether oxygens (including phenoxy) is 1. The van der Waals surface area contributed by atoms with Gasteiger partial charge in [0.25, 0.3) is 5.91 Å². The van der Waals surface area contributed by atoms with Crippen LogP contribution in [0.1, 0.15) is 29.2 Å². The van der Waals surface area contributed by atoms with E-state index in [1.807, 2.05) is 56.3 Å². The highest BCUT2D eigenvalue weighted by atomic mass is 16.6. The van der Waals surface area contributed by atoms with Gasteiger partial charge in [0.15, 0.2) is 0 Å². The lowest BCUT2D eigenvalue weighted by molar-refractivity contribution is -0.383. The quantitative estimate of drug-likeness (QED) is 0.0454. The molecule has 4 aromatic carbocycles. The number of nitro groups is 1. The molecular formula is C38H33N7O5. The summed E-state index contributed by atoms with van der Waals surface area (Å²) in [5.41, 5.74) is 3.71. The fourth-order valence-corrected chi connectivity index (χ4v) is 5.33. The van der Waals surface area contributed by atoms with E-state index in [2.05, 4.69) is 31.2 Å². The van der Waals surface area contributed by atoms with Gasteiger partial charge in [0.05, 0.1) is 17.1 Å². The lowest BCUT2D eigenvalue weighted by Gasteiger charge is -2.19. The normalized spacial score (nSPS) is 12.8. The monoisotopic (exact) mass is 667 g/mol. The number of para-hydroxylation sites is 1. The largest absolute Gasteiger partial charge is 0.494 e. The van der Waals surface area contributed by atoms with Crippen molar-refractivity contribution in [2.24, 2.45) is 0 Å². The second-order valence-electron chi connectivity index (χ2n) is 11.2. The van der Waals surface area contributed by atoms with Gasteiger partial charge in [-0.05, 0) is 72.5 Å². The Kier molecular flexibility index (Phi) is 9.89. The van der Waals surface area contributed by atoms with E-state index in [4.69, 9.17) is 4.74 Å². The molecule has 250 valence electrons. The first-order valence-corrected chi connectivity index (χ1v) is 15.8. The number of rotatable bonds is 12. The van der Waals surface area contributed by atoms with E-state index >= 15 is 0 Å². The van der Waals surface area contributed by atoms with Crippen molar-refractivity contribution in [2.75, 3.05) is 27.9 Å². The molecule has 5 aromatic rings. The molecule has 0 saturated carbocycles. The number of fused-ring (bicyclic) bond motifs is 1. The van der Waals surface area contributed by atoms with Crippen LogP contribution >= 0.6 is 0 Å². The molecule has 12 heteroatoms. The predicted molar refractivity (Wildman–Crippen MR) is 194 cm³/mol. The van der Waals surface area contributed by atoms with E-state index in [0.29, 0.717) is 34.9 Å². The number of allylic oxidation sites excluding steroid dienone is 1. The molecule has 0 saturated heterocycles. The highest BCUT2D eigenvalue weighted by Crippen LogP contribution is 2.35. The van der Waals surface area contributed by atoms with E-state index in [1.54, 1.807) is 66.7 Å². The van der Waals surface area contributed by atoms with E-state index in [1.165, 1.54) is 6.20 Å². The zero-order valence-corrected chi connectivity index (χ0v) is 27.3. The van der Waals surface area contributed by atoms with Gasteiger partial charge < -0.3 is 26.0 Å². The highest BCUT2D eigenvalue weighted by Gasteiger charge is 2.30. The van der Waals surface area contributed by atoms with Crippen LogP contribution in [0.3, 0.4) is 0 Å². The van der Waals surface area contributed by atoms with Gasteiger partial charge in [0.2, 0.25) is 23.4 Å². The van der Waals surface area contributed by atoms with Crippen molar-refractivity contribution in [1.82, 2.24) is 9.97 Å². The Hall–Kier alpha value is -6.82. The third kappa shape index (κ3) is 7.50. The molecule has 0 atom stereocenters. The number of nitrogens with zero attached hydrogens (tertiary/aromatic N) is 3. The number of hydrogen-bond donors (Lipinski definition) is 4. The number of hydrogen-bond acceptors (Lipinski definition) is 10. The number of Topliss-reactive ketones (excluding diaryl/α,β-unsaturated/α-hetero) is 1. The summed E-state index contributed by atoms with van der Waals surface area (Å²) in [4.78, 5) is 48.2. The first-order valence-electron chi connectivity index (χ1n) is 15.8. The SMILES string of the molecule is CCOc1ccc(Nc2nc(NC=C3C(=O)C(C(=O)Nc4ccccc4C)=Cc4ccccc43)c([N+](=O)[O-])c(NCc3ccccc3)n2)cc1. The van der Waals surface area contributed by atoms with Gasteiger partial charge in [0.1, 0.15) is 5.75 Å². The molecule has 6 rings (SSSR count). The Balaban J connectivity index is 1.37. The number of ketones is 1. The zero-order valence-electron chi connectivity index (χ0n) is 27.3. The van der Waals surface area contributed by atoms with Crippen molar-refractivity contribution >= 4 is 58.0 Å². The molecule has 0 radical (unpaired) electrons. The third-order valence-corrected chi connectivity index (χ3v) is 7.82. The summed E-state index contributed by atoms with van der Waals surface area (Å²) >= 11 is 0. The Bertz CT molecular complexity index is 2130. The van der Waals surface area contributed by atoms with Gasteiger partial charge in [0, 0.05) is 29.7 Å². The fourth-order valence-electron chi connectivity index (χ4n) is 5.33. The number of carbonyl (C=O) groups is 2. The van der Waals surface area contributed by atoms with Crippen LogP contribution in [-0.4, -0.2) is 33.2 Å². The summed E-state index contributed by atoms with van der Waals surface area (Å²) in [6.45, 7) is 4.51. The third-order valence-electron chi connectivity index (χ3n) is 7.82. The molecule has 50 heavy (non-hydrogen) atoms. The van der Waals surface area contributed by atoms with E-state index < -0.39 is 22.3 Å². The van der Waals surface area contributed by atoms with E-state index in [9.17, 15) is 19.7 Å². The number of amides is 1. The summed E-state index contributed by atoms with van der Waals surface area (Å²) < 4.78 is 5.53. The van der Waals surface area contributed by atoms with Crippen LogP contribution in [0, 0.1) is 17.0 Å². The van der Waals surface area contributed by atoms with Crippen molar-refractivity contribution < 1.29 is 19.2 Å². The summed E-state index contributed by atoms with van der Waals surface area (Å²) in [6, 6.07) is 30.8. The van der Waals surface area contributed by atoms with Crippen molar-refractivity contribution in [2.45, 2.75) is 20.4 Å². The highest BCUT2D eigenvalue weighted by molar-refractivity contribution is 6.43. The smallest absolute Gasteiger partial charge is 0.353 e. The fraction of sp³-hybridized carbons (Fsp3) is 0.105. The summed E-state index contributed by atoms with van der Waals surface area (Å²) in [5.74, 6) is -0.616. The number of nitrogens with one attached hydrogen (secondary N) is 4. The molecule has 12 nitrogen and oxygen atoms in total. The molecule has 0 aliphatic heterocycles. The van der Waals surface area contributed by atoms with E-state index in [0.717, 1.165) is 11.1 Å². The topological polar surface area (TPSA) is 160 Å². The zero-order chi connectivity index (χ0) is 35.0. The molecule has 0 bridgehead atoms. The summed E-state index contributed by atoms with van der Waals surface area (Å²) in [5, 5.41) is 24.4. The molecule has 0 fully saturated rings. The molecule has 1 heterocycles. The van der Waals surface area contributed by atoms with Crippen LogP contribution in [0.15, 0.2) is 115 Å². The number of aromatic nitrogens is 2. The van der Waals surface area contributed by atoms with Gasteiger partial charge in [-0.15, -0.1) is 0 Å². The van der Waals surface area contributed by atoms with Gasteiger partial charge in [-0.1, -0.05) is 72.8 Å². The van der Waals surface area contributed by atoms with Crippen LogP contribution in [0.2, 0.25) is 0 Å². The minimum atomic E-state index is -0.591. The second kappa shape index (κ2) is 14.9. The molecule has 1 amide bonds. The summed E-state index contributed by atoms with van der Waals surface area (Å²) in [7, 11) is 0. The average Bonchev–Trinajstić information content (AvgIpc) is 3.12. The van der Waals surface area contributed by atoms with Crippen LogP contribution in [0.5, 0.6) is 5.75 Å². The Morgan fingerprint density at radius 1 is 0.900 bits per heavy atom. The second-order valence-corrected chi connectivity index (χ2v) is 11.2. The minimum Gasteiger partial charge on any atom is -0.494 e. The molecule has 4 N–H and O–H groups in total. The summed E-state index contributed by atoms with van der Waals surface area (Å²) in [6.07, 6.45) is 2.88. The van der Waals surface area contributed by atoms with Gasteiger partial charge in [-0.3, -0.25) is 19.7 Å². The number of aryl methyl sites for hydroxylation is 1. The Morgan fingerprint density at radius 2 is 1.60 bits per heavy atom. The van der Waals surface area contributed by atoms with Crippen LogP contribution in [0.25, 0.3) is 11.6 Å². The maximum absolute atomic E-state index is 13.9. The number of benzene rings is 4. The first-order chi connectivity index (χ1) is 24.3. The first kappa shape index (κ1) is 33.1. The predicted octanol–water partition coefficient (Wildman–Crippen LogP) is 7.51. The molecule has 0 spiro atoms. The molecule has 1 aliphatic rings. The van der Waals surface area contributed by atoms with Gasteiger partial charge in [-0.25, -0.2) is 0 Å². The molecule has 0 unspecified atom stereocenters. The maximum atomic E-state index is 13.9. The van der Waals surface area contributed by atoms with Gasteiger partial charge in [-0.2, -0.15) is 9.97 Å². The Labute approximate surface area is 288 Å². The van der Waals surface area contributed by atoms with Crippen LogP contribution < -0.4 is 26.0 Å².